The third kappa shape index (κ3) is 4.46. The van der Waals surface area contributed by atoms with Crippen LogP contribution in [0.25, 0.3) is 0 Å². The van der Waals surface area contributed by atoms with Gasteiger partial charge in [0.2, 0.25) is 0 Å². The van der Waals surface area contributed by atoms with Gasteiger partial charge in [0.05, 0.1) is 0 Å². The average Bonchev–Trinajstić information content (AvgIpc) is 3.10. The molecule has 0 atom stereocenters. The molecule has 4 rings (SSSR count). The highest BCUT2D eigenvalue weighted by Crippen LogP contribution is 2.19. The lowest BCUT2D eigenvalue weighted by Crippen LogP contribution is -2.45. The van der Waals surface area contributed by atoms with Gasteiger partial charge in [-0.2, -0.15) is 0 Å². The number of amides is 2. The van der Waals surface area contributed by atoms with Gasteiger partial charge in [-0.3, -0.25) is 14.7 Å². The SMILES string of the molecule is O=C1NCCN1c1ccc(CN2CCN(Cc3cccc(F)c3)CC2)cc1. The lowest BCUT2D eigenvalue weighted by Gasteiger charge is -2.34. The van der Waals surface area contributed by atoms with Crippen LogP contribution in [-0.4, -0.2) is 55.1 Å². The zero-order valence-electron chi connectivity index (χ0n) is 15.4. The summed E-state index contributed by atoms with van der Waals surface area (Å²) in [6, 6.07) is 15.1. The minimum Gasteiger partial charge on any atom is -0.336 e. The Kier molecular flexibility index (Phi) is 5.36. The zero-order valence-corrected chi connectivity index (χ0v) is 15.4. The van der Waals surface area contributed by atoms with E-state index in [0.29, 0.717) is 6.54 Å². The van der Waals surface area contributed by atoms with E-state index in [1.165, 1.54) is 11.6 Å². The maximum Gasteiger partial charge on any atom is 0.321 e. The number of carbonyl (C=O) groups is 1. The molecule has 27 heavy (non-hydrogen) atoms. The summed E-state index contributed by atoms with van der Waals surface area (Å²) in [6.45, 7) is 7.15. The van der Waals surface area contributed by atoms with Gasteiger partial charge in [0, 0.05) is 58.0 Å². The number of benzene rings is 2. The maximum absolute atomic E-state index is 13.3. The molecule has 0 aliphatic carbocycles. The number of halogens is 1. The van der Waals surface area contributed by atoms with Crippen molar-refractivity contribution in [2.45, 2.75) is 13.1 Å². The second kappa shape index (κ2) is 8.06. The molecule has 1 N–H and O–H groups in total. The third-order valence-corrected chi connectivity index (χ3v) is 5.27. The van der Waals surface area contributed by atoms with Gasteiger partial charge in [0.15, 0.2) is 0 Å². The van der Waals surface area contributed by atoms with Crippen LogP contribution in [0.3, 0.4) is 0 Å². The molecular weight excluding hydrogens is 343 g/mol. The van der Waals surface area contributed by atoms with Crippen molar-refractivity contribution in [2.75, 3.05) is 44.2 Å². The van der Waals surface area contributed by atoms with Gasteiger partial charge < -0.3 is 5.32 Å². The topological polar surface area (TPSA) is 38.8 Å². The largest absolute Gasteiger partial charge is 0.336 e. The van der Waals surface area contributed by atoms with Crippen LogP contribution in [-0.2, 0) is 13.1 Å². The van der Waals surface area contributed by atoms with Gasteiger partial charge in [-0.15, -0.1) is 0 Å². The van der Waals surface area contributed by atoms with E-state index in [2.05, 4.69) is 27.2 Å². The van der Waals surface area contributed by atoms with Gasteiger partial charge >= 0.3 is 6.03 Å². The van der Waals surface area contributed by atoms with Crippen molar-refractivity contribution in [3.63, 3.8) is 0 Å². The second-order valence-electron chi connectivity index (χ2n) is 7.23. The van der Waals surface area contributed by atoms with Crippen molar-refractivity contribution in [1.82, 2.24) is 15.1 Å². The van der Waals surface area contributed by atoms with Crippen LogP contribution in [0.1, 0.15) is 11.1 Å². The van der Waals surface area contributed by atoms with E-state index >= 15 is 0 Å². The monoisotopic (exact) mass is 368 g/mol. The zero-order chi connectivity index (χ0) is 18.6. The molecule has 2 saturated heterocycles. The summed E-state index contributed by atoms with van der Waals surface area (Å²) in [5, 5.41) is 2.83. The molecule has 2 fully saturated rings. The van der Waals surface area contributed by atoms with Gasteiger partial charge in [-0.1, -0.05) is 24.3 Å². The lowest BCUT2D eigenvalue weighted by molar-refractivity contribution is 0.122. The normalized spacial score (nSPS) is 18.7. The Morgan fingerprint density at radius 3 is 2.11 bits per heavy atom. The Morgan fingerprint density at radius 1 is 0.852 bits per heavy atom. The molecule has 5 nitrogen and oxygen atoms in total. The Morgan fingerprint density at radius 2 is 1.52 bits per heavy atom. The van der Waals surface area contributed by atoms with E-state index in [0.717, 1.165) is 57.1 Å². The molecule has 2 amide bonds. The van der Waals surface area contributed by atoms with E-state index < -0.39 is 0 Å². The molecule has 0 radical (unpaired) electrons. The van der Waals surface area contributed by atoms with Crippen molar-refractivity contribution < 1.29 is 9.18 Å². The highest BCUT2D eigenvalue weighted by molar-refractivity contribution is 5.93. The summed E-state index contributed by atoms with van der Waals surface area (Å²) in [7, 11) is 0. The van der Waals surface area contributed by atoms with Gasteiger partial charge in [-0.05, 0) is 35.4 Å². The fraction of sp³-hybridized carbons (Fsp3) is 0.381. The fourth-order valence-corrected chi connectivity index (χ4v) is 3.76. The summed E-state index contributed by atoms with van der Waals surface area (Å²) < 4.78 is 13.3. The minimum absolute atomic E-state index is 0.0165. The number of piperazine rings is 1. The van der Waals surface area contributed by atoms with E-state index in [4.69, 9.17) is 0 Å². The number of nitrogens with one attached hydrogen (secondary N) is 1. The third-order valence-electron chi connectivity index (χ3n) is 5.27. The number of carbonyl (C=O) groups excluding carboxylic acids is 1. The molecular formula is C21H25FN4O. The van der Waals surface area contributed by atoms with E-state index in [1.807, 2.05) is 18.2 Å². The molecule has 0 spiro atoms. The minimum atomic E-state index is -0.166. The van der Waals surface area contributed by atoms with Crippen LogP contribution in [0.2, 0.25) is 0 Å². The van der Waals surface area contributed by atoms with E-state index in [9.17, 15) is 9.18 Å². The molecule has 2 aliphatic heterocycles. The van der Waals surface area contributed by atoms with E-state index in [-0.39, 0.29) is 11.8 Å². The van der Waals surface area contributed by atoms with Crippen LogP contribution in [0.4, 0.5) is 14.9 Å². The first-order valence-corrected chi connectivity index (χ1v) is 9.51. The number of anilines is 1. The highest BCUT2D eigenvalue weighted by atomic mass is 19.1. The van der Waals surface area contributed by atoms with Crippen molar-refractivity contribution in [1.29, 1.82) is 0 Å². The summed E-state index contributed by atoms with van der Waals surface area (Å²) in [4.78, 5) is 18.3. The summed E-state index contributed by atoms with van der Waals surface area (Å²) in [6.07, 6.45) is 0. The number of rotatable bonds is 5. The predicted molar refractivity (Wildman–Crippen MR) is 104 cm³/mol. The van der Waals surface area contributed by atoms with Crippen LogP contribution in [0, 0.1) is 5.82 Å². The smallest absolute Gasteiger partial charge is 0.321 e. The summed E-state index contributed by atoms with van der Waals surface area (Å²) in [5.74, 6) is -0.166. The van der Waals surface area contributed by atoms with Gasteiger partial charge in [-0.25, -0.2) is 9.18 Å². The Balaban J connectivity index is 1.27. The predicted octanol–water partition coefficient (Wildman–Crippen LogP) is 2.67. The second-order valence-corrected chi connectivity index (χ2v) is 7.23. The molecule has 2 aliphatic rings. The quantitative estimate of drug-likeness (QED) is 0.882. The first-order chi connectivity index (χ1) is 13.2. The number of urea groups is 1. The number of hydrogen-bond acceptors (Lipinski definition) is 3. The lowest BCUT2D eigenvalue weighted by atomic mass is 10.1. The van der Waals surface area contributed by atoms with Crippen molar-refractivity contribution in [3.05, 3.63) is 65.5 Å². The van der Waals surface area contributed by atoms with E-state index in [1.54, 1.807) is 17.0 Å². The molecule has 2 heterocycles. The van der Waals surface area contributed by atoms with Crippen LogP contribution in [0.5, 0.6) is 0 Å². The van der Waals surface area contributed by atoms with Gasteiger partial charge in [0.1, 0.15) is 5.82 Å². The molecule has 6 heteroatoms. The maximum atomic E-state index is 13.3. The van der Waals surface area contributed by atoms with Crippen LogP contribution >= 0.6 is 0 Å². The fourth-order valence-electron chi connectivity index (χ4n) is 3.76. The van der Waals surface area contributed by atoms with Crippen molar-refractivity contribution in [3.8, 4) is 0 Å². The average molecular weight is 368 g/mol. The number of hydrogen-bond donors (Lipinski definition) is 1. The molecule has 2 aromatic carbocycles. The first kappa shape index (κ1) is 17.9. The van der Waals surface area contributed by atoms with Crippen LogP contribution in [0.15, 0.2) is 48.5 Å². The first-order valence-electron chi connectivity index (χ1n) is 9.51. The number of nitrogens with zero attached hydrogens (tertiary/aromatic N) is 3. The Bertz CT molecular complexity index is 787. The molecule has 0 bridgehead atoms. The molecule has 0 saturated carbocycles. The summed E-state index contributed by atoms with van der Waals surface area (Å²) in [5.41, 5.74) is 3.25. The van der Waals surface area contributed by atoms with Gasteiger partial charge in [0.25, 0.3) is 0 Å². The van der Waals surface area contributed by atoms with Crippen molar-refractivity contribution in [2.24, 2.45) is 0 Å². The molecule has 0 unspecified atom stereocenters. The highest BCUT2D eigenvalue weighted by Gasteiger charge is 2.21. The molecule has 0 aromatic heterocycles. The Labute approximate surface area is 159 Å². The summed E-state index contributed by atoms with van der Waals surface area (Å²) >= 11 is 0. The Hall–Kier alpha value is -2.44. The van der Waals surface area contributed by atoms with Crippen molar-refractivity contribution >= 4 is 11.7 Å². The molecule has 2 aromatic rings. The standard InChI is InChI=1S/C21H25FN4O/c22-19-3-1-2-18(14-19)16-25-12-10-24(11-13-25)15-17-4-6-20(7-5-17)26-9-8-23-21(26)27/h1-7,14H,8-13,15-16H2,(H,23,27). The molecule has 142 valence electrons. The van der Waals surface area contributed by atoms with Crippen LogP contribution < -0.4 is 10.2 Å².